The fraction of sp³-hybridized carbons (Fsp3) is 0. The molecule has 0 aliphatic rings. The van der Waals surface area contributed by atoms with E-state index in [1.807, 2.05) is 36.4 Å². The van der Waals surface area contributed by atoms with Crippen molar-refractivity contribution in [1.29, 1.82) is 0 Å². The van der Waals surface area contributed by atoms with Crippen molar-refractivity contribution >= 4 is 43.9 Å². The largest absolute Gasteiger partial charge is 0.456 e. The lowest BCUT2D eigenvalue weighted by Crippen LogP contribution is -1.78. The van der Waals surface area contributed by atoms with Gasteiger partial charge in [-0.2, -0.15) is 0 Å². The first-order valence-corrected chi connectivity index (χ1v) is 8.70. The van der Waals surface area contributed by atoms with Crippen LogP contribution in [-0.4, -0.2) is 0 Å². The fourth-order valence-corrected chi connectivity index (χ4v) is 3.87. The van der Waals surface area contributed by atoms with Crippen molar-refractivity contribution in [3.05, 3.63) is 84.9 Å². The number of fused-ring (bicyclic) bond motifs is 6. The predicted octanol–water partition coefficient (Wildman–Crippen LogP) is 7.15. The van der Waals surface area contributed by atoms with Crippen LogP contribution in [0.25, 0.3) is 55.0 Å². The molecule has 6 rings (SSSR count). The average Bonchev–Trinajstić information content (AvgIpc) is 3.25. The Kier molecular flexibility index (Phi) is 2.64. The zero-order valence-electron chi connectivity index (χ0n) is 13.9. The fourth-order valence-electron chi connectivity index (χ4n) is 3.87. The number of hydrogen-bond donors (Lipinski definition) is 0. The number of benzene rings is 4. The third-order valence-electron chi connectivity index (χ3n) is 5.09. The molecule has 0 aliphatic carbocycles. The van der Waals surface area contributed by atoms with E-state index in [0.29, 0.717) is 0 Å². The van der Waals surface area contributed by atoms with E-state index in [2.05, 4.69) is 48.5 Å². The molecule has 0 bridgehead atoms. The Hall–Kier alpha value is -3.52. The SMILES string of the molecule is c1ccc2c(c1)oc1cc(-c3cccc4c3oc3ccccc34)ccc12. The molecule has 0 radical (unpaired) electrons. The third kappa shape index (κ3) is 1.81. The molecular formula is C24H14O2. The lowest BCUT2D eigenvalue weighted by atomic mass is 10.0. The van der Waals surface area contributed by atoms with Crippen molar-refractivity contribution in [2.45, 2.75) is 0 Å². The highest BCUT2D eigenvalue weighted by Gasteiger charge is 2.13. The molecule has 0 atom stereocenters. The van der Waals surface area contributed by atoms with Crippen LogP contribution in [0.3, 0.4) is 0 Å². The molecule has 2 heterocycles. The van der Waals surface area contributed by atoms with Crippen LogP contribution in [0, 0.1) is 0 Å². The van der Waals surface area contributed by atoms with Crippen LogP contribution in [0.1, 0.15) is 0 Å². The normalized spacial score (nSPS) is 11.8. The summed E-state index contributed by atoms with van der Waals surface area (Å²) < 4.78 is 12.2. The molecule has 2 heteroatoms. The van der Waals surface area contributed by atoms with Crippen molar-refractivity contribution in [1.82, 2.24) is 0 Å². The van der Waals surface area contributed by atoms with Crippen LogP contribution in [0.4, 0.5) is 0 Å². The molecule has 0 fully saturated rings. The topological polar surface area (TPSA) is 26.3 Å². The predicted molar refractivity (Wildman–Crippen MR) is 106 cm³/mol. The second kappa shape index (κ2) is 4.99. The second-order valence-corrected chi connectivity index (χ2v) is 6.59. The Balaban J connectivity index is 1.66. The maximum Gasteiger partial charge on any atom is 0.143 e. The standard InChI is InChI=1S/C24H14O2/c1-3-10-21-17(6-1)19-13-12-15(14-23(19)25-21)16-8-5-9-20-18-7-2-4-11-22(18)26-24(16)20/h1-14H. The van der Waals surface area contributed by atoms with Crippen molar-refractivity contribution in [3.63, 3.8) is 0 Å². The summed E-state index contributed by atoms with van der Waals surface area (Å²) in [4.78, 5) is 0. The first kappa shape index (κ1) is 13.7. The van der Waals surface area contributed by atoms with Gasteiger partial charge < -0.3 is 8.83 Å². The Morgan fingerprint density at radius 3 is 1.96 bits per heavy atom. The molecule has 0 saturated carbocycles. The molecule has 0 spiro atoms. The monoisotopic (exact) mass is 334 g/mol. The van der Waals surface area contributed by atoms with Crippen molar-refractivity contribution in [2.75, 3.05) is 0 Å². The van der Waals surface area contributed by atoms with E-state index in [1.54, 1.807) is 0 Å². The molecule has 4 aromatic carbocycles. The van der Waals surface area contributed by atoms with Crippen LogP contribution < -0.4 is 0 Å². The summed E-state index contributed by atoms with van der Waals surface area (Å²) in [6.07, 6.45) is 0. The molecule has 6 aromatic rings. The van der Waals surface area contributed by atoms with Gasteiger partial charge in [-0.1, -0.05) is 60.7 Å². The van der Waals surface area contributed by atoms with Gasteiger partial charge in [-0.25, -0.2) is 0 Å². The highest BCUT2D eigenvalue weighted by atomic mass is 16.3. The summed E-state index contributed by atoms with van der Waals surface area (Å²) >= 11 is 0. The van der Waals surface area contributed by atoms with Gasteiger partial charge >= 0.3 is 0 Å². The summed E-state index contributed by atoms with van der Waals surface area (Å²) in [7, 11) is 0. The van der Waals surface area contributed by atoms with Gasteiger partial charge in [-0.15, -0.1) is 0 Å². The lowest BCUT2D eigenvalue weighted by molar-refractivity contribution is 0.668. The number of furan rings is 2. The van der Waals surface area contributed by atoms with Crippen LogP contribution in [0.5, 0.6) is 0 Å². The van der Waals surface area contributed by atoms with Gasteiger partial charge in [-0.3, -0.25) is 0 Å². The first-order chi connectivity index (χ1) is 12.9. The van der Waals surface area contributed by atoms with Crippen molar-refractivity contribution in [3.8, 4) is 11.1 Å². The molecule has 0 saturated heterocycles. The van der Waals surface area contributed by atoms with Gasteiger partial charge in [0, 0.05) is 27.1 Å². The summed E-state index contributed by atoms with van der Waals surface area (Å²) in [5, 5.41) is 4.58. The first-order valence-electron chi connectivity index (χ1n) is 8.70. The van der Waals surface area contributed by atoms with E-state index in [-0.39, 0.29) is 0 Å². The van der Waals surface area contributed by atoms with Gasteiger partial charge in [-0.05, 0) is 29.8 Å². The molecule has 0 aliphatic heterocycles. The van der Waals surface area contributed by atoms with Crippen molar-refractivity contribution in [2.24, 2.45) is 0 Å². The molecule has 26 heavy (non-hydrogen) atoms. The van der Waals surface area contributed by atoms with E-state index < -0.39 is 0 Å². The minimum absolute atomic E-state index is 0.900. The molecule has 2 aromatic heterocycles. The Morgan fingerprint density at radius 1 is 0.462 bits per heavy atom. The van der Waals surface area contributed by atoms with Crippen molar-refractivity contribution < 1.29 is 8.83 Å². The zero-order chi connectivity index (χ0) is 17.1. The zero-order valence-corrected chi connectivity index (χ0v) is 13.9. The van der Waals surface area contributed by atoms with E-state index in [4.69, 9.17) is 8.83 Å². The summed E-state index contributed by atoms with van der Waals surface area (Å²) in [6, 6.07) is 29.0. The van der Waals surface area contributed by atoms with Crippen LogP contribution in [0.15, 0.2) is 93.8 Å². The Morgan fingerprint density at radius 2 is 1.12 bits per heavy atom. The van der Waals surface area contributed by atoms with E-state index in [0.717, 1.165) is 55.0 Å². The molecular weight excluding hydrogens is 320 g/mol. The van der Waals surface area contributed by atoms with E-state index >= 15 is 0 Å². The van der Waals surface area contributed by atoms with Crippen LogP contribution in [-0.2, 0) is 0 Å². The Bertz CT molecular complexity index is 1430. The van der Waals surface area contributed by atoms with Crippen LogP contribution in [0.2, 0.25) is 0 Å². The average molecular weight is 334 g/mol. The number of rotatable bonds is 1. The summed E-state index contributed by atoms with van der Waals surface area (Å²) in [6.45, 7) is 0. The van der Waals surface area contributed by atoms with Crippen LogP contribution >= 0.6 is 0 Å². The highest BCUT2D eigenvalue weighted by molar-refractivity contribution is 6.11. The maximum atomic E-state index is 6.18. The second-order valence-electron chi connectivity index (χ2n) is 6.59. The molecule has 2 nitrogen and oxygen atoms in total. The third-order valence-corrected chi connectivity index (χ3v) is 5.09. The minimum Gasteiger partial charge on any atom is -0.456 e. The van der Waals surface area contributed by atoms with Gasteiger partial charge in [0.2, 0.25) is 0 Å². The van der Waals surface area contributed by atoms with E-state index in [1.165, 1.54) is 0 Å². The minimum atomic E-state index is 0.900. The molecule has 0 N–H and O–H groups in total. The molecule has 0 unspecified atom stereocenters. The Labute approximate surface area is 149 Å². The summed E-state index contributed by atoms with van der Waals surface area (Å²) in [5.41, 5.74) is 5.84. The van der Waals surface area contributed by atoms with Gasteiger partial charge in [0.25, 0.3) is 0 Å². The number of para-hydroxylation sites is 3. The van der Waals surface area contributed by atoms with E-state index in [9.17, 15) is 0 Å². The van der Waals surface area contributed by atoms with Gasteiger partial charge in [0.05, 0.1) is 0 Å². The molecule has 122 valence electrons. The summed E-state index contributed by atoms with van der Waals surface area (Å²) in [5.74, 6) is 0. The van der Waals surface area contributed by atoms with Gasteiger partial charge in [0.15, 0.2) is 0 Å². The quantitative estimate of drug-likeness (QED) is 0.319. The highest BCUT2D eigenvalue weighted by Crippen LogP contribution is 2.37. The smallest absolute Gasteiger partial charge is 0.143 e. The van der Waals surface area contributed by atoms with Gasteiger partial charge in [0.1, 0.15) is 22.3 Å². The maximum absolute atomic E-state index is 6.18. The lowest BCUT2D eigenvalue weighted by Gasteiger charge is -2.02. The number of hydrogen-bond acceptors (Lipinski definition) is 2. The molecule has 0 amide bonds.